The molecule has 0 atom stereocenters. The second-order valence-corrected chi connectivity index (χ2v) is 6.53. The minimum atomic E-state index is -3.42. The topological polar surface area (TPSA) is 58.2 Å². The molecule has 0 heterocycles. The second-order valence-electron chi connectivity index (χ2n) is 3.81. The monoisotopic (exact) mass is 288 g/mol. The quantitative estimate of drug-likeness (QED) is 0.720. The molecule has 0 unspecified atom stereocenters. The van der Waals surface area contributed by atoms with Gasteiger partial charge in [-0.1, -0.05) is 19.1 Å². The van der Waals surface area contributed by atoms with Crippen LogP contribution in [0.25, 0.3) is 0 Å². The van der Waals surface area contributed by atoms with E-state index in [0.717, 1.165) is 18.7 Å². The van der Waals surface area contributed by atoms with Gasteiger partial charge in [-0.25, -0.2) is 13.1 Å². The Morgan fingerprint density at radius 1 is 1.22 bits per heavy atom. The molecule has 0 amide bonds. The molecule has 1 aromatic carbocycles. The smallest absolute Gasteiger partial charge is 0.242 e. The van der Waals surface area contributed by atoms with Crippen LogP contribution in [0, 0.1) is 0 Å². The highest BCUT2D eigenvalue weighted by molar-refractivity contribution is 7.98. The summed E-state index contributed by atoms with van der Waals surface area (Å²) in [6.45, 7) is 3.25. The molecule has 0 fully saturated rings. The van der Waals surface area contributed by atoms with Crippen LogP contribution in [-0.2, 0) is 10.0 Å². The van der Waals surface area contributed by atoms with Crippen LogP contribution >= 0.6 is 11.8 Å². The molecule has 18 heavy (non-hydrogen) atoms. The third kappa shape index (κ3) is 4.51. The van der Waals surface area contributed by atoms with Gasteiger partial charge in [0.05, 0.1) is 5.69 Å². The molecule has 1 aromatic rings. The highest BCUT2D eigenvalue weighted by Crippen LogP contribution is 2.20. The van der Waals surface area contributed by atoms with Crippen LogP contribution in [0.15, 0.2) is 29.2 Å². The van der Waals surface area contributed by atoms with E-state index < -0.39 is 10.0 Å². The van der Waals surface area contributed by atoms with Gasteiger partial charge in [0.15, 0.2) is 0 Å². The van der Waals surface area contributed by atoms with Gasteiger partial charge in [0, 0.05) is 18.8 Å². The van der Waals surface area contributed by atoms with Crippen LogP contribution in [0.5, 0.6) is 0 Å². The van der Waals surface area contributed by atoms with E-state index in [-0.39, 0.29) is 0 Å². The summed E-state index contributed by atoms with van der Waals surface area (Å²) in [6, 6.07) is 6.98. The molecule has 0 radical (unpaired) electrons. The lowest BCUT2D eigenvalue weighted by molar-refractivity contribution is 0.584. The summed E-state index contributed by atoms with van der Waals surface area (Å²) in [5.74, 6) is 0.768. The highest BCUT2D eigenvalue weighted by Gasteiger charge is 2.16. The maximum absolute atomic E-state index is 12.1. The largest absolute Gasteiger partial charge is 0.384 e. The van der Waals surface area contributed by atoms with Gasteiger partial charge in [0.25, 0.3) is 0 Å². The molecule has 4 nitrogen and oxygen atoms in total. The molecule has 0 saturated heterocycles. The minimum Gasteiger partial charge on any atom is -0.384 e. The highest BCUT2D eigenvalue weighted by atomic mass is 32.2. The lowest BCUT2D eigenvalue weighted by Crippen LogP contribution is -2.26. The molecule has 0 aliphatic heterocycles. The van der Waals surface area contributed by atoms with E-state index in [2.05, 4.69) is 10.0 Å². The summed E-state index contributed by atoms with van der Waals surface area (Å²) < 4.78 is 26.9. The van der Waals surface area contributed by atoms with Crippen molar-refractivity contribution in [1.82, 2.24) is 4.72 Å². The molecule has 0 saturated carbocycles. The zero-order valence-electron chi connectivity index (χ0n) is 10.8. The van der Waals surface area contributed by atoms with Gasteiger partial charge in [-0.3, -0.25) is 0 Å². The Morgan fingerprint density at radius 2 is 1.94 bits per heavy atom. The molecule has 6 heteroatoms. The van der Waals surface area contributed by atoms with Gasteiger partial charge >= 0.3 is 0 Å². The molecular formula is C12H20N2O2S2. The first-order chi connectivity index (χ1) is 8.61. The molecule has 0 bridgehead atoms. The number of hydrogen-bond donors (Lipinski definition) is 2. The van der Waals surface area contributed by atoms with Crippen LogP contribution in [-0.4, -0.2) is 33.5 Å². The van der Waals surface area contributed by atoms with Crippen LogP contribution in [0.4, 0.5) is 5.69 Å². The van der Waals surface area contributed by atoms with E-state index in [4.69, 9.17) is 0 Å². The van der Waals surface area contributed by atoms with Gasteiger partial charge < -0.3 is 5.32 Å². The molecule has 1 rings (SSSR count). The predicted molar refractivity (Wildman–Crippen MR) is 78.8 cm³/mol. The average Bonchev–Trinajstić information content (AvgIpc) is 2.37. The van der Waals surface area contributed by atoms with E-state index in [1.807, 2.05) is 19.2 Å². The van der Waals surface area contributed by atoms with E-state index in [9.17, 15) is 8.42 Å². The Balaban J connectivity index is 2.86. The number of hydrogen-bond acceptors (Lipinski definition) is 4. The first-order valence-corrected chi connectivity index (χ1v) is 8.81. The van der Waals surface area contributed by atoms with Crippen molar-refractivity contribution in [2.24, 2.45) is 0 Å². The number of nitrogens with one attached hydrogen (secondary N) is 2. The van der Waals surface area contributed by atoms with E-state index >= 15 is 0 Å². The normalized spacial score (nSPS) is 11.4. The van der Waals surface area contributed by atoms with Crippen LogP contribution in [0.3, 0.4) is 0 Å². The molecule has 0 spiro atoms. The molecule has 2 N–H and O–H groups in total. The molecule has 0 aromatic heterocycles. The van der Waals surface area contributed by atoms with Gasteiger partial charge in [-0.15, -0.1) is 0 Å². The Morgan fingerprint density at radius 3 is 2.61 bits per heavy atom. The van der Waals surface area contributed by atoms with Gasteiger partial charge in [-0.05, 0) is 24.8 Å². The number of sulfonamides is 1. The zero-order valence-corrected chi connectivity index (χ0v) is 12.4. The average molecular weight is 288 g/mol. The zero-order chi connectivity index (χ0) is 13.4. The van der Waals surface area contributed by atoms with Gasteiger partial charge in [-0.2, -0.15) is 11.8 Å². The van der Waals surface area contributed by atoms with E-state index in [0.29, 0.717) is 17.1 Å². The molecule has 0 aliphatic rings. The summed E-state index contributed by atoms with van der Waals surface area (Å²) in [5, 5.41) is 3.14. The standard InChI is InChI=1S/C12H20N2O2S2/c1-3-8-13-11-6-4-5-7-12(11)18(15,16)14-9-10-17-2/h4-7,13-14H,3,8-10H2,1-2H3. The first kappa shape index (κ1) is 15.3. The number of rotatable bonds is 8. The van der Waals surface area contributed by atoms with Crippen molar-refractivity contribution in [2.45, 2.75) is 18.2 Å². The van der Waals surface area contributed by atoms with Gasteiger partial charge in [0.1, 0.15) is 4.90 Å². The van der Waals surface area contributed by atoms with E-state index in [1.54, 1.807) is 30.0 Å². The molecule has 102 valence electrons. The first-order valence-electron chi connectivity index (χ1n) is 5.93. The van der Waals surface area contributed by atoms with E-state index in [1.165, 1.54) is 0 Å². The molecular weight excluding hydrogens is 268 g/mol. The van der Waals surface area contributed by atoms with Crippen molar-refractivity contribution in [1.29, 1.82) is 0 Å². The van der Waals surface area contributed by atoms with Crippen molar-refractivity contribution in [3.8, 4) is 0 Å². The van der Waals surface area contributed by atoms with Crippen LogP contribution in [0.1, 0.15) is 13.3 Å². The third-order valence-corrected chi connectivity index (χ3v) is 4.47. The minimum absolute atomic E-state index is 0.319. The van der Waals surface area contributed by atoms with Crippen molar-refractivity contribution in [3.63, 3.8) is 0 Å². The Kier molecular flexibility index (Phi) is 6.52. The summed E-state index contributed by atoms with van der Waals surface area (Å²) in [6.07, 6.45) is 2.90. The summed E-state index contributed by atoms with van der Waals surface area (Å²) in [7, 11) is -3.42. The third-order valence-electron chi connectivity index (χ3n) is 2.34. The molecule has 0 aliphatic carbocycles. The Hall–Kier alpha value is -0.720. The van der Waals surface area contributed by atoms with Crippen molar-refractivity contribution >= 4 is 27.5 Å². The Bertz CT molecular complexity index is 461. The number of thioether (sulfide) groups is 1. The van der Waals surface area contributed by atoms with Gasteiger partial charge in [0.2, 0.25) is 10.0 Å². The summed E-state index contributed by atoms with van der Waals surface area (Å²) in [4.78, 5) is 0.319. The van der Waals surface area contributed by atoms with Crippen molar-refractivity contribution in [2.75, 3.05) is 30.4 Å². The maximum Gasteiger partial charge on any atom is 0.242 e. The summed E-state index contributed by atoms with van der Waals surface area (Å²) in [5.41, 5.74) is 0.663. The summed E-state index contributed by atoms with van der Waals surface area (Å²) >= 11 is 1.61. The fourth-order valence-corrected chi connectivity index (χ4v) is 3.11. The number of para-hydroxylation sites is 1. The Labute approximate surface area is 114 Å². The predicted octanol–water partition coefficient (Wildman–Crippen LogP) is 2.15. The van der Waals surface area contributed by atoms with Crippen molar-refractivity contribution in [3.05, 3.63) is 24.3 Å². The van der Waals surface area contributed by atoms with Crippen molar-refractivity contribution < 1.29 is 8.42 Å². The number of anilines is 1. The fourth-order valence-electron chi connectivity index (χ4n) is 1.46. The number of benzene rings is 1. The lowest BCUT2D eigenvalue weighted by Gasteiger charge is -2.12. The SMILES string of the molecule is CCCNc1ccccc1S(=O)(=O)NCCSC. The second kappa shape index (κ2) is 7.66. The van der Waals surface area contributed by atoms with Crippen LogP contribution < -0.4 is 10.0 Å². The fraction of sp³-hybridized carbons (Fsp3) is 0.500. The lowest BCUT2D eigenvalue weighted by atomic mass is 10.3. The van der Waals surface area contributed by atoms with Crippen LogP contribution in [0.2, 0.25) is 0 Å². The maximum atomic E-state index is 12.1.